The Morgan fingerprint density at radius 3 is 2.22 bits per heavy atom. The van der Waals surface area contributed by atoms with Gasteiger partial charge in [0.05, 0.1) is 12.7 Å². The summed E-state index contributed by atoms with van der Waals surface area (Å²) in [6, 6.07) is 23.8. The molecule has 2 atom stereocenters. The molecular formula is C32H40O5. The highest BCUT2D eigenvalue weighted by atomic mass is 16.6. The lowest BCUT2D eigenvalue weighted by Crippen LogP contribution is -2.26. The third kappa shape index (κ3) is 9.16. The summed E-state index contributed by atoms with van der Waals surface area (Å²) in [5.41, 5.74) is 3.07. The van der Waals surface area contributed by atoms with Crippen molar-refractivity contribution < 1.29 is 23.7 Å². The fourth-order valence-corrected chi connectivity index (χ4v) is 4.01. The molecule has 5 nitrogen and oxygen atoms in total. The quantitative estimate of drug-likeness (QED) is 0.155. The maximum absolute atomic E-state index is 12.1. The van der Waals surface area contributed by atoms with Gasteiger partial charge in [0.2, 0.25) is 0 Å². The molecule has 198 valence electrons. The molecule has 0 aliphatic heterocycles. The zero-order chi connectivity index (χ0) is 26.5. The van der Waals surface area contributed by atoms with Crippen molar-refractivity contribution in [3.05, 3.63) is 78.4 Å². The molecule has 37 heavy (non-hydrogen) atoms. The third-order valence-electron chi connectivity index (χ3n) is 6.09. The Morgan fingerprint density at radius 1 is 0.784 bits per heavy atom. The lowest BCUT2D eigenvalue weighted by molar-refractivity contribution is -0.150. The SMILES string of the molecule is CCCCCC[C@H](C)Oc1ccc(-c2ccc(O[C@H](C)C(=O)OCC)c(OCc3ccccc3)c2)cc1. The average molecular weight is 505 g/mol. The number of rotatable bonds is 15. The van der Waals surface area contributed by atoms with E-state index in [-0.39, 0.29) is 6.10 Å². The number of hydrogen-bond donors (Lipinski definition) is 0. The minimum absolute atomic E-state index is 0.193. The molecule has 0 amide bonds. The highest BCUT2D eigenvalue weighted by Gasteiger charge is 2.19. The normalized spacial score (nSPS) is 12.4. The second-order valence-electron chi connectivity index (χ2n) is 9.25. The Balaban J connectivity index is 1.73. The molecule has 3 aromatic carbocycles. The Labute approximate surface area is 221 Å². The van der Waals surface area contributed by atoms with Gasteiger partial charge in [-0.15, -0.1) is 0 Å². The summed E-state index contributed by atoms with van der Waals surface area (Å²) in [5.74, 6) is 1.53. The topological polar surface area (TPSA) is 54.0 Å². The van der Waals surface area contributed by atoms with Crippen molar-refractivity contribution in [2.75, 3.05) is 6.61 Å². The third-order valence-corrected chi connectivity index (χ3v) is 6.09. The molecule has 0 spiro atoms. The molecule has 3 aromatic rings. The van der Waals surface area contributed by atoms with E-state index in [9.17, 15) is 4.79 Å². The van der Waals surface area contributed by atoms with E-state index in [1.54, 1.807) is 13.8 Å². The van der Waals surface area contributed by atoms with Crippen molar-refractivity contribution in [3.63, 3.8) is 0 Å². The van der Waals surface area contributed by atoms with Gasteiger partial charge in [-0.1, -0.05) is 74.7 Å². The van der Waals surface area contributed by atoms with E-state index >= 15 is 0 Å². The van der Waals surface area contributed by atoms with Crippen LogP contribution in [0.4, 0.5) is 0 Å². The van der Waals surface area contributed by atoms with Crippen molar-refractivity contribution in [2.45, 2.75) is 78.6 Å². The minimum atomic E-state index is -0.745. The lowest BCUT2D eigenvalue weighted by atomic mass is 10.0. The fourth-order valence-electron chi connectivity index (χ4n) is 4.01. The molecule has 0 radical (unpaired) electrons. The van der Waals surface area contributed by atoms with E-state index in [0.29, 0.717) is 24.7 Å². The molecule has 0 aliphatic rings. The van der Waals surface area contributed by atoms with Gasteiger partial charge in [0.15, 0.2) is 17.6 Å². The van der Waals surface area contributed by atoms with Crippen LogP contribution < -0.4 is 14.2 Å². The average Bonchev–Trinajstić information content (AvgIpc) is 2.91. The van der Waals surface area contributed by atoms with Gasteiger partial charge < -0.3 is 18.9 Å². The largest absolute Gasteiger partial charge is 0.491 e. The Kier molecular flexibility index (Phi) is 11.3. The van der Waals surface area contributed by atoms with Gasteiger partial charge in [0.1, 0.15) is 12.4 Å². The molecule has 0 saturated heterocycles. The van der Waals surface area contributed by atoms with Crippen LogP contribution in [0.25, 0.3) is 11.1 Å². The standard InChI is InChI=1S/C32H40O5/c1-5-7-8-10-13-24(3)36-29-19-16-27(17-20-29)28-18-21-30(37-25(4)32(33)34-6-2)31(22-28)35-23-26-14-11-9-12-15-26/h9,11-12,14-22,24-25H,5-8,10,13,23H2,1-4H3/t24-,25+/m0/s1. The van der Waals surface area contributed by atoms with Gasteiger partial charge >= 0.3 is 5.97 Å². The summed E-state index contributed by atoms with van der Waals surface area (Å²) in [7, 11) is 0. The van der Waals surface area contributed by atoms with Crippen molar-refractivity contribution in [1.29, 1.82) is 0 Å². The minimum Gasteiger partial charge on any atom is -0.491 e. The van der Waals surface area contributed by atoms with E-state index in [1.165, 1.54) is 25.7 Å². The number of esters is 1. The summed E-state index contributed by atoms with van der Waals surface area (Å²) >= 11 is 0. The summed E-state index contributed by atoms with van der Waals surface area (Å²) < 4.78 is 23.3. The van der Waals surface area contributed by atoms with Crippen LogP contribution in [0.2, 0.25) is 0 Å². The van der Waals surface area contributed by atoms with Crippen LogP contribution in [-0.4, -0.2) is 24.8 Å². The van der Waals surface area contributed by atoms with Crippen LogP contribution in [-0.2, 0) is 16.1 Å². The van der Waals surface area contributed by atoms with Crippen molar-refractivity contribution in [1.82, 2.24) is 0 Å². The van der Waals surface area contributed by atoms with Crippen molar-refractivity contribution in [3.8, 4) is 28.4 Å². The molecule has 5 heteroatoms. The van der Waals surface area contributed by atoms with Crippen LogP contribution in [0.15, 0.2) is 72.8 Å². The molecule has 0 saturated carbocycles. The highest BCUT2D eigenvalue weighted by Crippen LogP contribution is 2.35. The van der Waals surface area contributed by atoms with Gasteiger partial charge in [-0.2, -0.15) is 0 Å². The molecular weight excluding hydrogens is 464 g/mol. The summed E-state index contributed by atoms with van der Waals surface area (Å²) in [4.78, 5) is 12.1. The smallest absolute Gasteiger partial charge is 0.347 e. The Morgan fingerprint density at radius 2 is 1.51 bits per heavy atom. The first-order chi connectivity index (χ1) is 18.0. The first-order valence-corrected chi connectivity index (χ1v) is 13.4. The molecule has 0 aliphatic carbocycles. The monoisotopic (exact) mass is 504 g/mol. The van der Waals surface area contributed by atoms with Gasteiger partial charge in [0, 0.05) is 0 Å². The molecule has 0 heterocycles. The lowest BCUT2D eigenvalue weighted by Gasteiger charge is -2.18. The summed E-state index contributed by atoms with van der Waals surface area (Å²) in [5, 5.41) is 0. The Hall–Kier alpha value is -3.47. The molecule has 0 fully saturated rings. The van der Waals surface area contributed by atoms with E-state index in [0.717, 1.165) is 28.9 Å². The second-order valence-corrected chi connectivity index (χ2v) is 9.25. The van der Waals surface area contributed by atoms with Crippen LogP contribution in [0.5, 0.6) is 17.2 Å². The molecule has 0 unspecified atom stereocenters. The summed E-state index contributed by atoms with van der Waals surface area (Å²) in [6.45, 7) is 8.50. The van der Waals surface area contributed by atoms with Gasteiger partial charge in [-0.3, -0.25) is 0 Å². The van der Waals surface area contributed by atoms with Gasteiger partial charge in [-0.05, 0) is 74.6 Å². The van der Waals surface area contributed by atoms with E-state index in [4.69, 9.17) is 18.9 Å². The Bertz CT molecular complexity index is 1080. The number of carbonyl (C=O) groups is 1. The van der Waals surface area contributed by atoms with Crippen molar-refractivity contribution >= 4 is 5.97 Å². The fraction of sp³-hybridized carbons (Fsp3) is 0.406. The zero-order valence-electron chi connectivity index (χ0n) is 22.6. The maximum atomic E-state index is 12.1. The first-order valence-electron chi connectivity index (χ1n) is 13.4. The first kappa shape index (κ1) is 28.1. The maximum Gasteiger partial charge on any atom is 0.347 e. The van der Waals surface area contributed by atoms with Crippen LogP contribution in [0.3, 0.4) is 0 Å². The van der Waals surface area contributed by atoms with Crippen molar-refractivity contribution in [2.24, 2.45) is 0 Å². The van der Waals surface area contributed by atoms with E-state index in [1.807, 2.05) is 60.7 Å². The summed E-state index contributed by atoms with van der Waals surface area (Å²) in [6.07, 6.45) is 5.49. The zero-order valence-corrected chi connectivity index (χ0v) is 22.6. The van der Waals surface area contributed by atoms with Crippen LogP contribution >= 0.6 is 0 Å². The van der Waals surface area contributed by atoms with Gasteiger partial charge in [0.25, 0.3) is 0 Å². The predicted octanol–water partition coefficient (Wildman–Crippen LogP) is 8.00. The van der Waals surface area contributed by atoms with Gasteiger partial charge in [-0.25, -0.2) is 4.79 Å². The highest BCUT2D eigenvalue weighted by molar-refractivity contribution is 5.75. The molecule has 0 bridgehead atoms. The molecule has 3 rings (SSSR count). The number of hydrogen-bond acceptors (Lipinski definition) is 5. The number of carbonyl (C=O) groups excluding carboxylic acids is 1. The number of unbranched alkanes of at least 4 members (excludes halogenated alkanes) is 3. The number of benzene rings is 3. The molecule has 0 N–H and O–H groups in total. The number of ether oxygens (including phenoxy) is 4. The predicted molar refractivity (Wildman–Crippen MR) is 148 cm³/mol. The molecule has 0 aromatic heterocycles. The van der Waals surface area contributed by atoms with E-state index in [2.05, 4.69) is 26.0 Å². The van der Waals surface area contributed by atoms with Crippen LogP contribution in [0, 0.1) is 0 Å². The van der Waals surface area contributed by atoms with Crippen LogP contribution in [0.1, 0.15) is 65.4 Å². The van der Waals surface area contributed by atoms with E-state index < -0.39 is 12.1 Å². The second kappa shape index (κ2) is 14.9.